The lowest BCUT2D eigenvalue weighted by Gasteiger charge is -2.07. The second-order valence-electron chi connectivity index (χ2n) is 3.31. The third kappa shape index (κ3) is 1.94. The first kappa shape index (κ1) is 10.8. The number of rotatable bonds is 1. The molecule has 0 saturated carbocycles. The lowest BCUT2D eigenvalue weighted by atomic mass is 10.3. The summed E-state index contributed by atoms with van der Waals surface area (Å²) >= 11 is 3.26. The van der Waals surface area contributed by atoms with Crippen molar-refractivity contribution >= 4 is 21.6 Å². The fourth-order valence-electron chi connectivity index (χ4n) is 1.40. The number of pyridine rings is 1. The minimum Gasteiger partial charge on any atom is -0.508 e. The SMILES string of the molecule is Nc1cc(Br)cn(-c2cccc(O)c2)c1=O. The van der Waals surface area contributed by atoms with Crippen LogP contribution in [0, 0.1) is 0 Å². The van der Waals surface area contributed by atoms with E-state index in [0.717, 1.165) is 0 Å². The molecule has 1 heterocycles. The van der Waals surface area contributed by atoms with Gasteiger partial charge in [0.2, 0.25) is 0 Å². The van der Waals surface area contributed by atoms with Gasteiger partial charge in [-0.2, -0.15) is 0 Å². The summed E-state index contributed by atoms with van der Waals surface area (Å²) in [6, 6.07) is 7.95. The van der Waals surface area contributed by atoms with Crippen LogP contribution < -0.4 is 11.3 Å². The zero-order valence-electron chi connectivity index (χ0n) is 8.22. The lowest BCUT2D eigenvalue weighted by molar-refractivity contribution is 0.475. The first-order chi connectivity index (χ1) is 7.58. The Morgan fingerprint density at radius 1 is 1.31 bits per heavy atom. The molecule has 0 saturated heterocycles. The van der Waals surface area contributed by atoms with Gasteiger partial charge in [-0.25, -0.2) is 0 Å². The zero-order valence-corrected chi connectivity index (χ0v) is 9.81. The van der Waals surface area contributed by atoms with Gasteiger partial charge >= 0.3 is 0 Å². The van der Waals surface area contributed by atoms with Crippen molar-refractivity contribution in [3.05, 3.63) is 51.4 Å². The molecule has 3 N–H and O–H groups in total. The number of aromatic hydroxyl groups is 1. The van der Waals surface area contributed by atoms with E-state index in [1.165, 1.54) is 16.7 Å². The van der Waals surface area contributed by atoms with Crippen LogP contribution in [0.5, 0.6) is 5.75 Å². The van der Waals surface area contributed by atoms with E-state index in [-0.39, 0.29) is 17.0 Å². The van der Waals surface area contributed by atoms with Crippen molar-refractivity contribution in [3.63, 3.8) is 0 Å². The molecule has 1 aromatic carbocycles. The fraction of sp³-hybridized carbons (Fsp3) is 0. The van der Waals surface area contributed by atoms with E-state index in [1.54, 1.807) is 24.4 Å². The highest BCUT2D eigenvalue weighted by atomic mass is 79.9. The molecule has 0 fully saturated rings. The molecule has 5 heteroatoms. The third-order valence-electron chi connectivity index (χ3n) is 2.12. The molecule has 0 amide bonds. The Morgan fingerprint density at radius 2 is 2.06 bits per heavy atom. The van der Waals surface area contributed by atoms with E-state index in [2.05, 4.69) is 15.9 Å². The van der Waals surface area contributed by atoms with Crippen LogP contribution >= 0.6 is 15.9 Å². The van der Waals surface area contributed by atoms with Gasteiger partial charge in [0.25, 0.3) is 5.56 Å². The van der Waals surface area contributed by atoms with Crippen LogP contribution in [-0.2, 0) is 0 Å². The van der Waals surface area contributed by atoms with E-state index in [0.29, 0.717) is 10.2 Å². The smallest absolute Gasteiger partial charge is 0.278 e. The Balaban J connectivity index is 2.69. The molecule has 0 bridgehead atoms. The van der Waals surface area contributed by atoms with E-state index in [9.17, 15) is 9.90 Å². The zero-order chi connectivity index (χ0) is 11.7. The van der Waals surface area contributed by atoms with Crippen molar-refractivity contribution in [2.75, 3.05) is 5.73 Å². The molecule has 0 spiro atoms. The minimum atomic E-state index is -0.311. The second kappa shape index (κ2) is 4.02. The molecule has 4 nitrogen and oxygen atoms in total. The van der Waals surface area contributed by atoms with Gasteiger partial charge in [0.15, 0.2) is 0 Å². The summed E-state index contributed by atoms with van der Waals surface area (Å²) in [4.78, 5) is 11.8. The first-order valence-electron chi connectivity index (χ1n) is 4.55. The van der Waals surface area contributed by atoms with Crippen LogP contribution in [0.4, 0.5) is 5.69 Å². The van der Waals surface area contributed by atoms with Crippen LogP contribution in [-0.4, -0.2) is 9.67 Å². The number of hydrogen-bond acceptors (Lipinski definition) is 3. The Hall–Kier alpha value is -1.75. The van der Waals surface area contributed by atoms with Gasteiger partial charge in [0.1, 0.15) is 5.75 Å². The summed E-state index contributed by atoms with van der Waals surface area (Å²) in [5.74, 6) is 0.1000. The first-order valence-corrected chi connectivity index (χ1v) is 5.34. The Bertz CT molecular complexity index is 593. The number of halogens is 1. The molecule has 0 unspecified atom stereocenters. The summed E-state index contributed by atoms with van der Waals surface area (Å²) in [5.41, 5.74) is 5.98. The van der Waals surface area contributed by atoms with Gasteiger partial charge in [-0.15, -0.1) is 0 Å². The molecule has 0 aliphatic carbocycles. The number of phenols is 1. The van der Waals surface area contributed by atoms with E-state index in [1.807, 2.05) is 0 Å². The lowest BCUT2D eigenvalue weighted by Crippen LogP contribution is -2.20. The number of nitrogen functional groups attached to an aromatic ring is 1. The van der Waals surface area contributed by atoms with Crippen molar-refractivity contribution in [2.45, 2.75) is 0 Å². The highest BCUT2D eigenvalue weighted by Gasteiger charge is 2.05. The number of nitrogens with zero attached hydrogens (tertiary/aromatic N) is 1. The Morgan fingerprint density at radius 3 is 2.75 bits per heavy atom. The van der Waals surface area contributed by atoms with Crippen molar-refractivity contribution in [2.24, 2.45) is 0 Å². The average Bonchev–Trinajstić information content (AvgIpc) is 2.23. The maximum absolute atomic E-state index is 11.8. The Kier molecular flexibility index (Phi) is 2.70. The van der Waals surface area contributed by atoms with Crippen LogP contribution in [0.25, 0.3) is 5.69 Å². The number of nitrogens with two attached hydrogens (primary N) is 1. The molecule has 0 radical (unpaired) electrons. The molecular weight excluding hydrogens is 272 g/mol. The summed E-state index contributed by atoms with van der Waals surface area (Å²) in [6.07, 6.45) is 1.60. The number of hydrogen-bond donors (Lipinski definition) is 2. The molecule has 2 aromatic rings. The summed E-state index contributed by atoms with van der Waals surface area (Å²) < 4.78 is 2.08. The second-order valence-corrected chi connectivity index (χ2v) is 4.22. The van der Waals surface area contributed by atoms with Crippen molar-refractivity contribution in [3.8, 4) is 11.4 Å². The van der Waals surface area contributed by atoms with Crippen molar-refractivity contribution in [1.82, 2.24) is 4.57 Å². The number of benzene rings is 1. The maximum atomic E-state index is 11.8. The van der Waals surface area contributed by atoms with E-state index >= 15 is 0 Å². The molecule has 0 atom stereocenters. The summed E-state index contributed by atoms with van der Waals surface area (Å²) in [7, 11) is 0. The highest BCUT2D eigenvalue weighted by Crippen LogP contribution is 2.17. The van der Waals surface area contributed by atoms with Gasteiger partial charge in [0, 0.05) is 16.7 Å². The van der Waals surface area contributed by atoms with Crippen LogP contribution in [0.3, 0.4) is 0 Å². The topological polar surface area (TPSA) is 68.2 Å². The molecule has 1 aromatic heterocycles. The summed E-state index contributed by atoms with van der Waals surface area (Å²) in [5, 5.41) is 9.35. The maximum Gasteiger partial charge on any atom is 0.278 e. The Labute approximate surface area is 100 Å². The largest absolute Gasteiger partial charge is 0.508 e. The third-order valence-corrected chi connectivity index (χ3v) is 2.55. The van der Waals surface area contributed by atoms with Gasteiger partial charge in [-0.3, -0.25) is 9.36 Å². The van der Waals surface area contributed by atoms with Crippen LogP contribution in [0.2, 0.25) is 0 Å². The molecular formula is C11H9BrN2O2. The minimum absolute atomic E-state index is 0.1000. The van der Waals surface area contributed by atoms with E-state index < -0.39 is 0 Å². The average molecular weight is 281 g/mol. The molecule has 16 heavy (non-hydrogen) atoms. The summed E-state index contributed by atoms with van der Waals surface area (Å²) in [6.45, 7) is 0. The van der Waals surface area contributed by atoms with Gasteiger partial charge < -0.3 is 10.8 Å². The van der Waals surface area contributed by atoms with Gasteiger partial charge in [0.05, 0.1) is 11.4 Å². The van der Waals surface area contributed by atoms with Crippen molar-refractivity contribution in [1.29, 1.82) is 0 Å². The van der Waals surface area contributed by atoms with Gasteiger partial charge in [-0.05, 0) is 34.1 Å². The number of aromatic nitrogens is 1. The monoisotopic (exact) mass is 280 g/mol. The van der Waals surface area contributed by atoms with Crippen LogP contribution in [0.1, 0.15) is 0 Å². The number of phenolic OH excluding ortho intramolecular Hbond substituents is 1. The van der Waals surface area contributed by atoms with Crippen molar-refractivity contribution < 1.29 is 5.11 Å². The predicted octanol–water partition coefficient (Wildman–Crippen LogP) is 1.89. The predicted molar refractivity (Wildman–Crippen MR) is 65.8 cm³/mol. The molecule has 0 aliphatic heterocycles. The standard InChI is InChI=1S/C11H9BrN2O2/c12-7-4-10(13)11(16)14(6-7)8-2-1-3-9(15)5-8/h1-6,15H,13H2. The fourth-order valence-corrected chi connectivity index (χ4v) is 1.85. The normalized spacial score (nSPS) is 10.3. The van der Waals surface area contributed by atoms with Gasteiger partial charge in [-0.1, -0.05) is 6.07 Å². The van der Waals surface area contributed by atoms with E-state index in [4.69, 9.17) is 5.73 Å². The quantitative estimate of drug-likeness (QED) is 0.838. The number of anilines is 1. The van der Waals surface area contributed by atoms with Crippen LogP contribution in [0.15, 0.2) is 45.8 Å². The molecule has 0 aliphatic rings. The molecule has 2 rings (SSSR count). The molecule has 82 valence electrons. The highest BCUT2D eigenvalue weighted by molar-refractivity contribution is 9.10.